The van der Waals surface area contributed by atoms with Crippen LogP contribution in [0.2, 0.25) is 5.02 Å². The summed E-state index contributed by atoms with van der Waals surface area (Å²) in [5.74, 6) is 0.474. The van der Waals surface area contributed by atoms with E-state index >= 15 is 0 Å². The first-order valence-corrected chi connectivity index (χ1v) is 6.78. The Labute approximate surface area is 130 Å². The van der Waals surface area contributed by atoms with Gasteiger partial charge < -0.3 is 4.42 Å². The van der Waals surface area contributed by atoms with Crippen LogP contribution in [0, 0.1) is 17.0 Å². The Hall–Kier alpha value is -2.73. The third-order valence-electron chi connectivity index (χ3n) is 3.18. The summed E-state index contributed by atoms with van der Waals surface area (Å²) < 4.78 is 5.58. The van der Waals surface area contributed by atoms with Crippen molar-refractivity contribution in [3.63, 3.8) is 0 Å². The molecule has 22 heavy (non-hydrogen) atoms. The molecule has 7 heteroatoms. The summed E-state index contributed by atoms with van der Waals surface area (Å²) in [6, 6.07) is 11.8. The average molecular weight is 316 g/mol. The number of nitrogens with zero attached hydrogens (tertiary/aromatic N) is 3. The number of hydrogen-bond acceptors (Lipinski definition) is 5. The van der Waals surface area contributed by atoms with E-state index in [1.807, 2.05) is 6.07 Å². The summed E-state index contributed by atoms with van der Waals surface area (Å²) in [6.07, 6.45) is 0. The van der Waals surface area contributed by atoms with Gasteiger partial charge in [-0.05, 0) is 25.1 Å². The fourth-order valence-corrected chi connectivity index (χ4v) is 2.24. The molecule has 0 spiro atoms. The van der Waals surface area contributed by atoms with Crippen molar-refractivity contribution >= 4 is 17.3 Å². The average Bonchev–Trinajstić information content (AvgIpc) is 2.97. The molecule has 1 aromatic heterocycles. The van der Waals surface area contributed by atoms with Crippen LogP contribution in [-0.2, 0) is 0 Å². The highest BCUT2D eigenvalue weighted by Crippen LogP contribution is 2.30. The zero-order valence-corrected chi connectivity index (χ0v) is 12.2. The number of aromatic nitrogens is 2. The molecule has 2 aromatic carbocycles. The van der Waals surface area contributed by atoms with E-state index in [4.69, 9.17) is 16.0 Å². The summed E-state index contributed by atoms with van der Waals surface area (Å²) in [5.41, 5.74) is 1.68. The molecule has 3 rings (SSSR count). The Morgan fingerprint density at radius 3 is 2.59 bits per heavy atom. The van der Waals surface area contributed by atoms with Crippen molar-refractivity contribution in [2.75, 3.05) is 0 Å². The molecular formula is C15H10ClN3O3. The summed E-state index contributed by atoms with van der Waals surface area (Å²) in [5, 5.41) is 19.4. The molecule has 0 amide bonds. The summed E-state index contributed by atoms with van der Waals surface area (Å²) in [7, 11) is 0. The molecule has 0 aliphatic heterocycles. The lowest BCUT2D eigenvalue weighted by molar-refractivity contribution is -0.385. The van der Waals surface area contributed by atoms with Crippen LogP contribution in [0.15, 0.2) is 46.9 Å². The summed E-state index contributed by atoms with van der Waals surface area (Å²) in [4.78, 5) is 10.6. The van der Waals surface area contributed by atoms with E-state index in [1.165, 1.54) is 6.07 Å². The molecular weight excluding hydrogens is 306 g/mol. The second kappa shape index (κ2) is 5.57. The van der Waals surface area contributed by atoms with Gasteiger partial charge in [-0.1, -0.05) is 29.8 Å². The molecule has 0 saturated heterocycles. The zero-order chi connectivity index (χ0) is 15.7. The Morgan fingerprint density at radius 1 is 1.14 bits per heavy atom. The lowest BCUT2D eigenvalue weighted by Crippen LogP contribution is -1.92. The van der Waals surface area contributed by atoms with Crippen molar-refractivity contribution in [3.05, 3.63) is 63.2 Å². The summed E-state index contributed by atoms with van der Waals surface area (Å²) in [6.45, 7) is 1.67. The van der Waals surface area contributed by atoms with Gasteiger partial charge in [0, 0.05) is 17.2 Å². The number of nitro benzene ring substituents is 1. The van der Waals surface area contributed by atoms with E-state index in [-0.39, 0.29) is 17.5 Å². The van der Waals surface area contributed by atoms with Gasteiger partial charge in [-0.3, -0.25) is 10.1 Å². The van der Waals surface area contributed by atoms with Crippen molar-refractivity contribution in [1.82, 2.24) is 10.2 Å². The number of nitro groups is 1. The van der Waals surface area contributed by atoms with E-state index in [2.05, 4.69) is 10.2 Å². The monoisotopic (exact) mass is 315 g/mol. The molecule has 110 valence electrons. The van der Waals surface area contributed by atoms with Crippen LogP contribution < -0.4 is 0 Å². The number of hydrogen-bond donors (Lipinski definition) is 0. The van der Waals surface area contributed by atoms with Gasteiger partial charge in [-0.2, -0.15) is 0 Å². The molecule has 0 atom stereocenters. The molecule has 3 aromatic rings. The smallest absolute Gasteiger partial charge is 0.273 e. The van der Waals surface area contributed by atoms with Crippen LogP contribution in [0.1, 0.15) is 5.56 Å². The maximum absolute atomic E-state index is 11.0. The molecule has 0 aliphatic carbocycles. The molecule has 1 heterocycles. The first kappa shape index (κ1) is 14.2. The quantitative estimate of drug-likeness (QED) is 0.532. The van der Waals surface area contributed by atoms with Crippen LogP contribution >= 0.6 is 11.6 Å². The van der Waals surface area contributed by atoms with Crippen molar-refractivity contribution in [1.29, 1.82) is 0 Å². The summed E-state index contributed by atoms with van der Waals surface area (Å²) >= 11 is 6.08. The van der Waals surface area contributed by atoms with Gasteiger partial charge in [0.25, 0.3) is 5.69 Å². The fourth-order valence-electron chi connectivity index (χ4n) is 2.02. The minimum atomic E-state index is -0.440. The standard InChI is InChI=1S/C15H10ClN3O3/c1-9-6-7-10(8-13(9)19(20)21)14-17-18-15(22-14)11-4-2-3-5-12(11)16/h2-8H,1H3. The molecule has 0 saturated carbocycles. The number of halogens is 1. The van der Waals surface area contributed by atoms with Crippen LogP contribution in [0.4, 0.5) is 5.69 Å². The zero-order valence-electron chi connectivity index (χ0n) is 11.5. The third kappa shape index (κ3) is 2.56. The van der Waals surface area contributed by atoms with E-state index < -0.39 is 4.92 Å². The highest BCUT2D eigenvalue weighted by molar-refractivity contribution is 6.33. The predicted octanol–water partition coefficient (Wildman–Crippen LogP) is 4.27. The lowest BCUT2D eigenvalue weighted by atomic mass is 10.1. The Kier molecular flexibility index (Phi) is 3.60. The first-order chi connectivity index (χ1) is 10.6. The Balaban J connectivity index is 2.03. The van der Waals surface area contributed by atoms with Gasteiger partial charge >= 0.3 is 0 Å². The second-order valence-electron chi connectivity index (χ2n) is 4.65. The van der Waals surface area contributed by atoms with E-state index in [1.54, 1.807) is 37.3 Å². The van der Waals surface area contributed by atoms with Gasteiger partial charge in [0.1, 0.15) is 0 Å². The molecule has 0 unspecified atom stereocenters. The molecule has 6 nitrogen and oxygen atoms in total. The van der Waals surface area contributed by atoms with Crippen molar-refractivity contribution in [3.8, 4) is 22.9 Å². The van der Waals surface area contributed by atoms with Crippen molar-refractivity contribution < 1.29 is 9.34 Å². The largest absolute Gasteiger partial charge is 0.416 e. The maximum atomic E-state index is 11.0. The fraction of sp³-hybridized carbons (Fsp3) is 0.0667. The molecule has 0 fully saturated rings. The van der Waals surface area contributed by atoms with Crippen LogP contribution in [0.25, 0.3) is 22.9 Å². The molecule has 0 aliphatic rings. The second-order valence-corrected chi connectivity index (χ2v) is 5.06. The van der Waals surface area contributed by atoms with Gasteiger partial charge in [-0.25, -0.2) is 0 Å². The minimum absolute atomic E-state index is 0.00925. The topological polar surface area (TPSA) is 82.1 Å². The normalized spacial score (nSPS) is 10.6. The van der Waals surface area contributed by atoms with Crippen molar-refractivity contribution in [2.45, 2.75) is 6.92 Å². The van der Waals surface area contributed by atoms with Gasteiger partial charge in [0.15, 0.2) is 0 Å². The predicted molar refractivity (Wildman–Crippen MR) is 81.6 cm³/mol. The van der Waals surface area contributed by atoms with Gasteiger partial charge in [-0.15, -0.1) is 10.2 Å². The van der Waals surface area contributed by atoms with Crippen LogP contribution in [0.3, 0.4) is 0 Å². The minimum Gasteiger partial charge on any atom is -0.416 e. The van der Waals surface area contributed by atoms with E-state index in [9.17, 15) is 10.1 Å². The van der Waals surface area contributed by atoms with Crippen molar-refractivity contribution in [2.24, 2.45) is 0 Å². The van der Waals surface area contributed by atoms with E-state index in [0.717, 1.165) is 0 Å². The molecule has 0 bridgehead atoms. The number of aryl methyl sites for hydroxylation is 1. The van der Waals surface area contributed by atoms with E-state index in [0.29, 0.717) is 21.7 Å². The highest BCUT2D eigenvalue weighted by atomic mass is 35.5. The third-order valence-corrected chi connectivity index (χ3v) is 3.51. The lowest BCUT2D eigenvalue weighted by Gasteiger charge is -1.99. The van der Waals surface area contributed by atoms with Crippen LogP contribution in [-0.4, -0.2) is 15.1 Å². The maximum Gasteiger partial charge on any atom is 0.273 e. The van der Waals surface area contributed by atoms with Gasteiger partial charge in [0.2, 0.25) is 11.8 Å². The Morgan fingerprint density at radius 2 is 1.86 bits per heavy atom. The Bertz CT molecular complexity index is 861. The first-order valence-electron chi connectivity index (χ1n) is 6.40. The molecule has 0 N–H and O–H groups in total. The number of rotatable bonds is 3. The number of benzene rings is 2. The highest BCUT2D eigenvalue weighted by Gasteiger charge is 2.17. The SMILES string of the molecule is Cc1ccc(-c2nnc(-c3ccccc3Cl)o2)cc1[N+](=O)[O-]. The molecule has 0 radical (unpaired) electrons. The van der Waals surface area contributed by atoms with Crippen LogP contribution in [0.5, 0.6) is 0 Å². The van der Waals surface area contributed by atoms with Gasteiger partial charge in [0.05, 0.1) is 15.5 Å².